The summed E-state index contributed by atoms with van der Waals surface area (Å²) in [6, 6.07) is 0. The quantitative estimate of drug-likeness (QED) is 0.0210. The second-order valence-corrected chi connectivity index (χ2v) is 14.9. The number of ether oxygens (including phenoxy) is 4. The fraction of sp³-hybridized carbons (Fsp3) is 0.600. The van der Waals surface area contributed by atoms with Crippen molar-refractivity contribution in [2.75, 3.05) is 19.8 Å². The van der Waals surface area contributed by atoms with Crippen molar-refractivity contribution in [3.8, 4) is 0 Å². The first-order valence-corrected chi connectivity index (χ1v) is 22.5. The van der Waals surface area contributed by atoms with Gasteiger partial charge in [-0.25, -0.2) is 0 Å². The number of carbonyl (C=O) groups is 2. The molecule has 60 heavy (non-hydrogen) atoms. The lowest BCUT2D eigenvalue weighted by Crippen LogP contribution is -2.59. The minimum atomic E-state index is -1.62. The zero-order valence-corrected chi connectivity index (χ0v) is 36.7. The van der Waals surface area contributed by atoms with Crippen LogP contribution in [0.3, 0.4) is 0 Å². The molecule has 1 aliphatic heterocycles. The lowest BCUT2D eigenvalue weighted by Gasteiger charge is -2.39. The third-order valence-electron chi connectivity index (χ3n) is 9.53. The molecule has 338 valence electrons. The average molecular weight is 839 g/mol. The Morgan fingerprint density at radius 3 is 1.63 bits per heavy atom. The maximum atomic E-state index is 12.7. The Kier molecular flexibility index (Phi) is 35.8. The van der Waals surface area contributed by atoms with E-state index >= 15 is 0 Å². The minimum Gasteiger partial charge on any atom is -0.462 e. The molecule has 0 aromatic rings. The molecule has 10 heteroatoms. The zero-order chi connectivity index (χ0) is 43.7. The summed E-state index contributed by atoms with van der Waals surface area (Å²) < 4.78 is 22.0. The van der Waals surface area contributed by atoms with E-state index in [1.165, 1.54) is 32.1 Å². The Morgan fingerprint density at radius 2 is 1.03 bits per heavy atom. The van der Waals surface area contributed by atoms with Crippen LogP contribution in [-0.4, -0.2) is 89.0 Å². The van der Waals surface area contributed by atoms with Crippen molar-refractivity contribution in [2.45, 2.75) is 173 Å². The van der Waals surface area contributed by atoms with Crippen molar-refractivity contribution >= 4 is 11.9 Å². The van der Waals surface area contributed by atoms with Crippen LogP contribution in [0.25, 0.3) is 0 Å². The fourth-order valence-corrected chi connectivity index (χ4v) is 6.03. The van der Waals surface area contributed by atoms with Gasteiger partial charge in [-0.2, -0.15) is 0 Å². The summed E-state index contributed by atoms with van der Waals surface area (Å²) in [6.07, 6.45) is 46.8. The first-order valence-electron chi connectivity index (χ1n) is 22.5. The van der Waals surface area contributed by atoms with Gasteiger partial charge in [0.15, 0.2) is 12.4 Å². The molecule has 0 aromatic heterocycles. The molecule has 6 atom stereocenters. The van der Waals surface area contributed by atoms with Gasteiger partial charge < -0.3 is 39.4 Å². The SMILES string of the molecule is CC/C=C/C=C/C=C/C=C/C=C/CCCC(=O)OC(COC(=O)CCCCCCCCCCC/C=C/C/C=C/C/C=C/C/C=C/CC)CO[C@H]1O[C@@H](CO)[C@@H](O)C(O)C1O. The van der Waals surface area contributed by atoms with E-state index in [9.17, 15) is 30.0 Å². The van der Waals surface area contributed by atoms with Crippen molar-refractivity contribution < 1.29 is 49.0 Å². The molecule has 1 fully saturated rings. The lowest BCUT2D eigenvalue weighted by molar-refractivity contribution is -0.305. The highest BCUT2D eigenvalue weighted by molar-refractivity contribution is 5.70. The average Bonchev–Trinajstić information content (AvgIpc) is 3.25. The lowest BCUT2D eigenvalue weighted by atomic mass is 9.99. The number of hydrogen-bond donors (Lipinski definition) is 4. The Hall–Kier alpha value is -3.64. The molecule has 0 saturated carbocycles. The summed E-state index contributed by atoms with van der Waals surface area (Å²) in [7, 11) is 0. The summed E-state index contributed by atoms with van der Waals surface area (Å²) in [5, 5.41) is 40.0. The summed E-state index contributed by atoms with van der Waals surface area (Å²) in [4.78, 5) is 25.3. The maximum absolute atomic E-state index is 12.7. The fourth-order valence-electron chi connectivity index (χ4n) is 6.03. The topological polar surface area (TPSA) is 152 Å². The number of hydrogen-bond acceptors (Lipinski definition) is 10. The molecule has 1 aliphatic rings. The van der Waals surface area contributed by atoms with E-state index in [0.29, 0.717) is 19.3 Å². The van der Waals surface area contributed by atoms with Gasteiger partial charge in [0.25, 0.3) is 0 Å². The molecular weight excluding hydrogens is 761 g/mol. The molecule has 10 nitrogen and oxygen atoms in total. The van der Waals surface area contributed by atoms with Gasteiger partial charge >= 0.3 is 11.9 Å². The van der Waals surface area contributed by atoms with Crippen molar-refractivity contribution in [3.63, 3.8) is 0 Å². The molecule has 1 heterocycles. The first-order chi connectivity index (χ1) is 29.3. The van der Waals surface area contributed by atoms with Crippen LogP contribution < -0.4 is 0 Å². The van der Waals surface area contributed by atoms with Crippen molar-refractivity contribution in [2.24, 2.45) is 0 Å². The Labute approximate surface area is 361 Å². The van der Waals surface area contributed by atoms with Crippen molar-refractivity contribution in [1.82, 2.24) is 0 Å². The monoisotopic (exact) mass is 839 g/mol. The van der Waals surface area contributed by atoms with Crippen LogP contribution in [0.5, 0.6) is 0 Å². The molecule has 0 amide bonds. The van der Waals surface area contributed by atoms with Crippen molar-refractivity contribution in [3.05, 3.63) is 109 Å². The second-order valence-electron chi connectivity index (χ2n) is 14.9. The van der Waals surface area contributed by atoms with Crippen LogP contribution in [0.4, 0.5) is 0 Å². The number of aliphatic hydroxyl groups is 4. The molecule has 3 unspecified atom stereocenters. The molecule has 0 spiro atoms. The third kappa shape index (κ3) is 30.4. The summed E-state index contributed by atoms with van der Waals surface area (Å²) in [6.45, 7) is 3.06. The van der Waals surface area contributed by atoms with E-state index < -0.39 is 55.4 Å². The summed E-state index contributed by atoms with van der Waals surface area (Å²) >= 11 is 0. The second kappa shape index (κ2) is 39.5. The van der Waals surface area contributed by atoms with Gasteiger partial charge in [0.1, 0.15) is 31.0 Å². The molecule has 0 radical (unpaired) electrons. The van der Waals surface area contributed by atoms with Gasteiger partial charge in [0.05, 0.1) is 13.2 Å². The number of rotatable bonds is 35. The molecule has 0 bridgehead atoms. The number of carbonyl (C=O) groups excluding carboxylic acids is 2. The Balaban J connectivity index is 2.34. The van der Waals surface area contributed by atoms with Crippen LogP contribution in [0.2, 0.25) is 0 Å². The van der Waals surface area contributed by atoms with Gasteiger partial charge in [0, 0.05) is 12.8 Å². The molecule has 0 aromatic carbocycles. The maximum Gasteiger partial charge on any atom is 0.306 e. The smallest absolute Gasteiger partial charge is 0.306 e. The Morgan fingerprint density at radius 1 is 0.533 bits per heavy atom. The van der Waals surface area contributed by atoms with E-state index in [4.69, 9.17) is 18.9 Å². The normalized spacial score (nSPS) is 20.9. The Bertz CT molecular complexity index is 1340. The highest BCUT2D eigenvalue weighted by atomic mass is 16.7. The third-order valence-corrected chi connectivity index (χ3v) is 9.53. The zero-order valence-electron chi connectivity index (χ0n) is 36.7. The molecule has 1 rings (SSSR count). The van der Waals surface area contributed by atoms with Gasteiger partial charge in [-0.15, -0.1) is 0 Å². The number of aliphatic hydroxyl groups excluding tert-OH is 4. The predicted molar refractivity (Wildman–Crippen MR) is 242 cm³/mol. The standard InChI is InChI=1S/C50H78O10/c1-3-5-7-9-11-13-15-17-18-19-20-21-22-23-24-25-27-28-30-32-34-36-38-45(52)57-41-43(42-58-50-49(56)48(55)47(54)44(40-51)60-50)59-46(53)39-37-35-33-31-29-26-16-14-12-10-8-6-4-2/h5-8,10-14,16-18,20-21,26,29,31,33,43-44,47-51,54-56H,3-4,9,15,19,22-25,27-28,30,32,34-42H2,1-2H3/b7-5+,8-6+,12-10+,13-11+,16-14+,18-17+,21-20+,29-26+,33-31+/t43?,44-,47+,48?,49?,50-/m0/s1. The van der Waals surface area contributed by atoms with Gasteiger partial charge in [-0.1, -0.05) is 168 Å². The van der Waals surface area contributed by atoms with Gasteiger partial charge in [0.2, 0.25) is 0 Å². The predicted octanol–water partition coefficient (Wildman–Crippen LogP) is 9.72. The number of allylic oxidation sites excluding steroid dienone is 18. The van der Waals surface area contributed by atoms with Gasteiger partial charge in [-0.3, -0.25) is 9.59 Å². The highest BCUT2D eigenvalue weighted by Crippen LogP contribution is 2.22. The van der Waals surface area contributed by atoms with Crippen LogP contribution in [0.1, 0.15) is 136 Å². The molecule has 4 N–H and O–H groups in total. The number of unbranched alkanes of at least 4 members (excludes halogenated alkanes) is 10. The first kappa shape index (κ1) is 54.4. The van der Waals surface area contributed by atoms with Crippen LogP contribution in [0.15, 0.2) is 109 Å². The summed E-state index contributed by atoms with van der Waals surface area (Å²) in [5.41, 5.74) is 0. The van der Waals surface area contributed by atoms with Crippen LogP contribution >= 0.6 is 0 Å². The van der Waals surface area contributed by atoms with Crippen molar-refractivity contribution in [1.29, 1.82) is 0 Å². The molecule has 0 aliphatic carbocycles. The van der Waals surface area contributed by atoms with Crippen LogP contribution in [-0.2, 0) is 28.5 Å². The summed E-state index contributed by atoms with van der Waals surface area (Å²) in [5.74, 6) is -0.912. The highest BCUT2D eigenvalue weighted by Gasteiger charge is 2.44. The van der Waals surface area contributed by atoms with E-state index in [2.05, 4.69) is 68.5 Å². The van der Waals surface area contributed by atoms with E-state index in [1.54, 1.807) is 0 Å². The largest absolute Gasteiger partial charge is 0.462 e. The molecular formula is C50H78O10. The van der Waals surface area contributed by atoms with E-state index in [0.717, 1.165) is 57.8 Å². The van der Waals surface area contributed by atoms with Crippen LogP contribution in [0, 0.1) is 0 Å². The number of esters is 2. The van der Waals surface area contributed by atoms with Gasteiger partial charge in [-0.05, 0) is 64.2 Å². The molecule has 1 saturated heterocycles. The van der Waals surface area contributed by atoms with E-state index in [-0.39, 0.29) is 26.1 Å². The van der Waals surface area contributed by atoms with E-state index in [1.807, 2.05) is 54.7 Å². The minimum absolute atomic E-state index is 0.126.